The Morgan fingerprint density at radius 1 is 0.438 bits per heavy atom. The van der Waals surface area contributed by atoms with Crippen molar-refractivity contribution in [1.29, 1.82) is 0 Å². The van der Waals surface area contributed by atoms with Crippen LogP contribution < -0.4 is 19.8 Å². The Bertz CT molecular complexity index is 1670. The van der Waals surface area contributed by atoms with Crippen LogP contribution in [0, 0.1) is 0 Å². The molecule has 4 aromatic carbocycles. The molecule has 2 N–H and O–H groups in total. The van der Waals surface area contributed by atoms with Crippen LogP contribution in [0.3, 0.4) is 0 Å². The second-order valence-electron chi connectivity index (χ2n) is 15.3. The molecule has 4 rings (SSSR count). The summed E-state index contributed by atoms with van der Waals surface area (Å²) in [7, 11) is -11.2. The maximum absolute atomic E-state index is 12.8. The zero-order valence-electron chi connectivity index (χ0n) is 30.2. The first-order chi connectivity index (χ1) is 22.1. The summed E-state index contributed by atoms with van der Waals surface area (Å²) in [5.41, 5.74) is 1.60. The van der Waals surface area contributed by atoms with E-state index in [0.29, 0.717) is 0 Å². The van der Waals surface area contributed by atoms with Crippen molar-refractivity contribution in [2.45, 2.75) is 88.6 Å². The topological polar surface area (TPSA) is 92.3 Å². The highest BCUT2D eigenvalue weighted by molar-refractivity contribution is 7.91. The van der Waals surface area contributed by atoms with Gasteiger partial charge >= 0.3 is 0 Å². The molecule has 48 heavy (non-hydrogen) atoms. The predicted octanol–water partition coefficient (Wildman–Crippen LogP) is 7.20. The van der Waals surface area contributed by atoms with Crippen molar-refractivity contribution in [2.24, 2.45) is 0 Å². The Morgan fingerprint density at radius 3 is 0.896 bits per heavy atom. The number of hydrogen-bond acceptors (Lipinski definition) is 4. The van der Waals surface area contributed by atoms with Gasteiger partial charge in [-0.25, -0.2) is 26.3 Å². The van der Waals surface area contributed by atoms with Gasteiger partial charge in [0, 0.05) is 11.3 Å². The van der Waals surface area contributed by atoms with Crippen molar-refractivity contribution >= 4 is 46.6 Å². The zero-order chi connectivity index (χ0) is 36.0. The molecule has 6 nitrogen and oxygen atoms in total. The van der Waals surface area contributed by atoms with Crippen LogP contribution in [-0.4, -0.2) is 42.5 Å². The molecule has 0 aromatic heterocycles. The standard InChI is InChI=1S/2C19H27NO2SSi/c2*1-19(2,3)23(21,22)20-18(16-12-8-6-9-13-16)24(4,5)17-14-10-7-11-15-17/h2*6-15,18,20H,1-5H3/t2*18-/m11/s1. The number of hydrogen-bond donors (Lipinski definition) is 2. The molecule has 0 saturated carbocycles. The van der Waals surface area contributed by atoms with Gasteiger partial charge in [-0.3, -0.25) is 0 Å². The Kier molecular flexibility index (Phi) is 12.7. The Hall–Kier alpha value is -2.87. The molecule has 0 radical (unpaired) electrons. The molecular formula is C38H54N2O4S2Si2. The van der Waals surface area contributed by atoms with E-state index in [0.717, 1.165) is 11.1 Å². The quantitative estimate of drug-likeness (QED) is 0.170. The largest absolute Gasteiger partial charge is 0.216 e. The number of sulfonamides is 2. The molecular weight excluding hydrogens is 669 g/mol. The lowest BCUT2D eigenvalue weighted by Gasteiger charge is -2.36. The summed E-state index contributed by atoms with van der Waals surface area (Å²) in [5, 5.41) is 2.46. The van der Waals surface area contributed by atoms with Crippen LogP contribution in [0.1, 0.15) is 64.0 Å². The van der Waals surface area contributed by atoms with E-state index >= 15 is 0 Å². The molecule has 0 heterocycles. The highest BCUT2D eigenvalue weighted by Gasteiger charge is 2.42. The maximum Gasteiger partial charge on any atom is 0.216 e. The fourth-order valence-electron chi connectivity index (χ4n) is 5.29. The molecule has 0 amide bonds. The molecule has 10 heteroatoms. The summed E-state index contributed by atoms with van der Waals surface area (Å²) in [5.74, 6) is 0. The zero-order valence-corrected chi connectivity index (χ0v) is 33.8. The third-order valence-corrected chi connectivity index (χ3v) is 21.1. The van der Waals surface area contributed by atoms with Crippen molar-refractivity contribution in [2.75, 3.05) is 0 Å². The van der Waals surface area contributed by atoms with Crippen LogP contribution in [0.2, 0.25) is 26.2 Å². The van der Waals surface area contributed by atoms with E-state index in [1.54, 1.807) is 41.5 Å². The number of rotatable bonds is 10. The molecule has 0 bridgehead atoms. The van der Waals surface area contributed by atoms with Crippen LogP contribution in [0.5, 0.6) is 0 Å². The minimum absolute atomic E-state index is 0.217. The summed E-state index contributed by atoms with van der Waals surface area (Å²) >= 11 is 0. The van der Waals surface area contributed by atoms with Gasteiger partial charge in [-0.05, 0) is 52.7 Å². The van der Waals surface area contributed by atoms with Crippen LogP contribution >= 0.6 is 0 Å². The second-order valence-corrected chi connectivity index (χ2v) is 29.5. The van der Waals surface area contributed by atoms with E-state index in [-0.39, 0.29) is 11.3 Å². The molecule has 2 atom stereocenters. The van der Waals surface area contributed by atoms with E-state index in [1.807, 2.05) is 97.1 Å². The van der Waals surface area contributed by atoms with Crippen LogP contribution in [-0.2, 0) is 20.0 Å². The van der Waals surface area contributed by atoms with Crippen molar-refractivity contribution < 1.29 is 16.8 Å². The van der Waals surface area contributed by atoms with Crippen molar-refractivity contribution in [3.63, 3.8) is 0 Å². The van der Waals surface area contributed by atoms with Crippen molar-refractivity contribution in [3.05, 3.63) is 132 Å². The van der Waals surface area contributed by atoms with Gasteiger partial charge < -0.3 is 0 Å². The van der Waals surface area contributed by atoms with Gasteiger partial charge in [0.25, 0.3) is 0 Å². The van der Waals surface area contributed by atoms with Gasteiger partial charge in [0.1, 0.15) is 16.1 Å². The molecule has 0 aliphatic rings. The summed E-state index contributed by atoms with van der Waals surface area (Å²) in [6, 6.07) is 40.3. The summed E-state index contributed by atoms with van der Waals surface area (Å²) < 4.78 is 55.7. The van der Waals surface area contributed by atoms with Crippen LogP contribution in [0.15, 0.2) is 121 Å². The Labute approximate surface area is 292 Å². The van der Waals surface area contributed by atoms with Gasteiger partial charge in [0.2, 0.25) is 20.0 Å². The average Bonchev–Trinajstić information content (AvgIpc) is 3.03. The molecule has 0 unspecified atom stereocenters. The maximum atomic E-state index is 12.8. The average molecular weight is 723 g/mol. The molecule has 0 saturated heterocycles. The van der Waals surface area contributed by atoms with E-state index < -0.39 is 45.7 Å². The monoisotopic (exact) mass is 722 g/mol. The van der Waals surface area contributed by atoms with Gasteiger partial charge in [0.05, 0.1) is 9.49 Å². The first kappa shape index (κ1) is 39.6. The number of benzene rings is 4. The lowest BCUT2D eigenvalue weighted by atomic mass is 10.2. The highest BCUT2D eigenvalue weighted by Crippen LogP contribution is 2.29. The molecule has 0 aliphatic heterocycles. The fraction of sp³-hybridized carbons (Fsp3) is 0.368. The first-order valence-electron chi connectivity index (χ1n) is 16.4. The molecule has 4 aromatic rings. The normalized spacial score (nSPS) is 14.4. The van der Waals surface area contributed by atoms with Crippen LogP contribution in [0.4, 0.5) is 0 Å². The van der Waals surface area contributed by atoms with Gasteiger partial charge in [-0.2, -0.15) is 0 Å². The SMILES string of the molecule is CC(C)(C)S(=O)(=O)N[C@@H](c1ccccc1)[Si](C)(C)c1ccccc1.CC(C)(C)S(=O)(=O)N[C@@H](c1ccccc1)[Si](C)(C)c1ccccc1. The lowest BCUT2D eigenvalue weighted by Crippen LogP contribution is -2.56. The van der Waals surface area contributed by atoms with E-state index in [4.69, 9.17) is 0 Å². The third-order valence-electron chi connectivity index (χ3n) is 8.90. The van der Waals surface area contributed by atoms with Crippen molar-refractivity contribution in [3.8, 4) is 0 Å². The van der Waals surface area contributed by atoms with E-state index in [1.165, 1.54) is 10.4 Å². The van der Waals surface area contributed by atoms with E-state index in [9.17, 15) is 16.8 Å². The fourth-order valence-corrected chi connectivity index (χ4v) is 15.0. The predicted molar refractivity (Wildman–Crippen MR) is 209 cm³/mol. The molecule has 0 aliphatic carbocycles. The minimum Gasteiger partial charge on any atom is -0.212 e. The summed E-state index contributed by atoms with van der Waals surface area (Å²) in [6.07, 6.45) is 0. The Morgan fingerprint density at radius 2 is 0.667 bits per heavy atom. The van der Waals surface area contributed by atoms with Gasteiger partial charge in [-0.1, -0.05) is 158 Å². The minimum atomic E-state index is -3.45. The third kappa shape index (κ3) is 9.64. The smallest absolute Gasteiger partial charge is 0.212 e. The molecule has 260 valence electrons. The first-order valence-corrected chi connectivity index (χ1v) is 25.5. The highest BCUT2D eigenvalue weighted by atomic mass is 32.2. The molecule has 0 fully saturated rings. The van der Waals surface area contributed by atoms with Gasteiger partial charge in [0.15, 0.2) is 0 Å². The summed E-state index contributed by atoms with van der Waals surface area (Å²) in [4.78, 5) is 0. The lowest BCUT2D eigenvalue weighted by molar-refractivity contribution is 0.540. The number of nitrogens with one attached hydrogen (secondary N) is 2. The van der Waals surface area contributed by atoms with Crippen molar-refractivity contribution in [1.82, 2.24) is 9.44 Å². The van der Waals surface area contributed by atoms with E-state index in [2.05, 4.69) is 59.9 Å². The summed E-state index contributed by atoms with van der Waals surface area (Å²) in [6.45, 7) is 19.2. The molecule has 0 spiro atoms. The van der Waals surface area contributed by atoms with Crippen LogP contribution in [0.25, 0.3) is 0 Å². The van der Waals surface area contributed by atoms with Gasteiger partial charge in [-0.15, -0.1) is 0 Å². The Balaban J connectivity index is 0.000000260. The second kappa shape index (κ2) is 15.4.